The molecule has 1 aliphatic heterocycles. The summed E-state index contributed by atoms with van der Waals surface area (Å²) in [6, 6.07) is 0. The molecule has 23 heavy (non-hydrogen) atoms. The maximum absolute atomic E-state index is 12.3. The lowest BCUT2D eigenvalue weighted by molar-refractivity contribution is -0.122. The molecule has 134 valence electrons. The van der Waals surface area contributed by atoms with Gasteiger partial charge in [0, 0.05) is 25.0 Å². The lowest BCUT2D eigenvalue weighted by Crippen LogP contribution is -2.52. The van der Waals surface area contributed by atoms with Crippen molar-refractivity contribution in [1.29, 1.82) is 0 Å². The van der Waals surface area contributed by atoms with Crippen LogP contribution in [-0.2, 0) is 4.79 Å². The monoisotopic (exact) mass is 323 g/mol. The molecule has 1 saturated heterocycles. The zero-order valence-electron chi connectivity index (χ0n) is 15.6. The quantitative estimate of drug-likeness (QED) is 0.764. The summed E-state index contributed by atoms with van der Waals surface area (Å²) >= 11 is 0. The number of hydrogen-bond donors (Lipinski definition) is 1. The SMILES string of the molecule is CN1CCC[C@@H](CCC(=O)NCC2(N(C)C)CCCCCC2)C1. The van der Waals surface area contributed by atoms with Gasteiger partial charge in [-0.2, -0.15) is 0 Å². The molecule has 0 aromatic carbocycles. The highest BCUT2D eigenvalue weighted by atomic mass is 16.1. The summed E-state index contributed by atoms with van der Waals surface area (Å²) in [4.78, 5) is 17.1. The normalized spacial score (nSPS) is 26.0. The van der Waals surface area contributed by atoms with Crippen LogP contribution in [0.15, 0.2) is 0 Å². The summed E-state index contributed by atoms with van der Waals surface area (Å²) < 4.78 is 0. The molecule has 0 aromatic heterocycles. The first-order valence-electron chi connectivity index (χ1n) is 9.64. The van der Waals surface area contributed by atoms with Crippen LogP contribution in [0.4, 0.5) is 0 Å². The van der Waals surface area contributed by atoms with E-state index in [0.717, 1.165) is 19.5 Å². The molecule has 2 fully saturated rings. The number of nitrogens with one attached hydrogen (secondary N) is 1. The van der Waals surface area contributed by atoms with Crippen LogP contribution < -0.4 is 5.32 Å². The van der Waals surface area contributed by atoms with Crippen molar-refractivity contribution in [2.45, 2.75) is 69.7 Å². The topological polar surface area (TPSA) is 35.6 Å². The van der Waals surface area contributed by atoms with Crippen LogP contribution in [0.5, 0.6) is 0 Å². The molecule has 0 radical (unpaired) electrons. The van der Waals surface area contributed by atoms with Crippen LogP contribution in [0.2, 0.25) is 0 Å². The minimum Gasteiger partial charge on any atom is -0.354 e. The third-order valence-corrected chi connectivity index (χ3v) is 6.10. The number of likely N-dealkylation sites (tertiary alicyclic amines) is 1. The second kappa shape index (κ2) is 9.03. The fraction of sp³-hybridized carbons (Fsp3) is 0.947. The van der Waals surface area contributed by atoms with Crippen molar-refractivity contribution in [2.24, 2.45) is 5.92 Å². The Hall–Kier alpha value is -0.610. The lowest BCUT2D eigenvalue weighted by Gasteiger charge is -2.39. The molecule has 0 bridgehead atoms. The van der Waals surface area contributed by atoms with Crippen molar-refractivity contribution in [2.75, 3.05) is 40.8 Å². The summed E-state index contributed by atoms with van der Waals surface area (Å²) in [6.45, 7) is 3.20. The number of piperidine rings is 1. The molecule has 1 heterocycles. The van der Waals surface area contributed by atoms with Gasteiger partial charge in [0.1, 0.15) is 0 Å². The van der Waals surface area contributed by atoms with Crippen molar-refractivity contribution in [1.82, 2.24) is 15.1 Å². The van der Waals surface area contributed by atoms with Crippen LogP contribution >= 0.6 is 0 Å². The lowest BCUT2D eigenvalue weighted by atomic mass is 9.88. The zero-order chi connectivity index (χ0) is 16.7. The maximum atomic E-state index is 12.3. The molecule has 1 amide bonds. The van der Waals surface area contributed by atoms with Gasteiger partial charge in [-0.1, -0.05) is 25.7 Å². The van der Waals surface area contributed by atoms with Crippen molar-refractivity contribution in [3.05, 3.63) is 0 Å². The van der Waals surface area contributed by atoms with Gasteiger partial charge in [0.2, 0.25) is 5.91 Å². The third-order valence-electron chi connectivity index (χ3n) is 6.10. The Balaban J connectivity index is 1.75. The van der Waals surface area contributed by atoms with Gasteiger partial charge >= 0.3 is 0 Å². The number of likely N-dealkylation sites (N-methyl/N-ethyl adjacent to an activating group) is 1. The minimum absolute atomic E-state index is 0.178. The van der Waals surface area contributed by atoms with Crippen molar-refractivity contribution < 1.29 is 4.79 Å². The van der Waals surface area contributed by atoms with E-state index in [1.165, 1.54) is 57.9 Å². The molecule has 2 aliphatic rings. The summed E-state index contributed by atoms with van der Waals surface area (Å²) in [7, 11) is 6.55. The van der Waals surface area contributed by atoms with Gasteiger partial charge < -0.3 is 15.1 Å². The molecule has 4 heteroatoms. The Morgan fingerprint density at radius 1 is 1.17 bits per heavy atom. The van der Waals surface area contributed by atoms with Crippen molar-refractivity contribution >= 4 is 5.91 Å². The van der Waals surface area contributed by atoms with Gasteiger partial charge in [-0.15, -0.1) is 0 Å². The largest absolute Gasteiger partial charge is 0.354 e. The zero-order valence-corrected chi connectivity index (χ0v) is 15.6. The first-order chi connectivity index (χ1) is 11.0. The molecule has 0 spiro atoms. The first kappa shape index (κ1) is 18.7. The molecule has 1 saturated carbocycles. The van der Waals surface area contributed by atoms with E-state index in [4.69, 9.17) is 0 Å². The molecular formula is C19H37N3O. The van der Waals surface area contributed by atoms with E-state index in [0.29, 0.717) is 12.3 Å². The Bertz CT molecular complexity index is 362. The highest BCUT2D eigenvalue weighted by Crippen LogP contribution is 2.30. The van der Waals surface area contributed by atoms with Gasteiger partial charge in [-0.3, -0.25) is 4.79 Å². The molecule has 0 unspecified atom stereocenters. The van der Waals surface area contributed by atoms with Crippen LogP contribution in [0.25, 0.3) is 0 Å². The summed E-state index contributed by atoms with van der Waals surface area (Å²) in [6.07, 6.45) is 12.0. The van der Waals surface area contributed by atoms with E-state index in [2.05, 4.69) is 36.3 Å². The number of hydrogen-bond acceptors (Lipinski definition) is 3. The first-order valence-corrected chi connectivity index (χ1v) is 9.64. The Morgan fingerprint density at radius 3 is 2.48 bits per heavy atom. The summed E-state index contributed by atoms with van der Waals surface area (Å²) in [5, 5.41) is 3.26. The number of carbonyl (C=O) groups excluding carboxylic acids is 1. The molecular weight excluding hydrogens is 286 g/mol. The van der Waals surface area contributed by atoms with E-state index in [-0.39, 0.29) is 11.4 Å². The second-order valence-electron chi connectivity index (χ2n) is 8.12. The Morgan fingerprint density at radius 2 is 1.87 bits per heavy atom. The van der Waals surface area contributed by atoms with E-state index in [1.807, 2.05) is 0 Å². The third kappa shape index (κ3) is 5.75. The standard InChI is InChI=1S/C19H37N3O/c1-21(2)19(12-6-4-5-7-13-19)16-20-18(23)11-10-17-9-8-14-22(3)15-17/h17H,4-16H2,1-3H3,(H,20,23)/t17-/m0/s1. The number of amides is 1. The second-order valence-corrected chi connectivity index (χ2v) is 8.12. The average Bonchev–Trinajstić information content (AvgIpc) is 2.77. The fourth-order valence-electron chi connectivity index (χ4n) is 4.36. The van der Waals surface area contributed by atoms with Gasteiger partial charge in [0.15, 0.2) is 0 Å². The predicted octanol–water partition coefficient (Wildman–Crippen LogP) is 2.88. The fourth-order valence-corrected chi connectivity index (χ4v) is 4.36. The van der Waals surface area contributed by atoms with E-state index in [1.54, 1.807) is 0 Å². The number of rotatable bonds is 6. The van der Waals surface area contributed by atoms with Crippen LogP contribution in [-0.4, -0.2) is 62.0 Å². The van der Waals surface area contributed by atoms with Gasteiger partial charge in [0.25, 0.3) is 0 Å². The van der Waals surface area contributed by atoms with Crippen LogP contribution in [0, 0.1) is 5.92 Å². The van der Waals surface area contributed by atoms with Gasteiger partial charge in [-0.25, -0.2) is 0 Å². The smallest absolute Gasteiger partial charge is 0.220 e. The van der Waals surface area contributed by atoms with Crippen LogP contribution in [0.1, 0.15) is 64.2 Å². The van der Waals surface area contributed by atoms with Gasteiger partial charge in [0.05, 0.1) is 0 Å². The summed E-state index contributed by atoms with van der Waals surface area (Å²) in [5.41, 5.74) is 0.178. The van der Waals surface area contributed by atoms with E-state index >= 15 is 0 Å². The minimum atomic E-state index is 0.178. The maximum Gasteiger partial charge on any atom is 0.220 e. The molecule has 0 aromatic rings. The van der Waals surface area contributed by atoms with E-state index < -0.39 is 0 Å². The van der Waals surface area contributed by atoms with E-state index in [9.17, 15) is 4.79 Å². The molecule has 1 aliphatic carbocycles. The molecule has 4 nitrogen and oxygen atoms in total. The Kier molecular flexibility index (Phi) is 7.35. The number of nitrogens with zero attached hydrogens (tertiary/aromatic N) is 2. The number of carbonyl (C=O) groups is 1. The summed E-state index contributed by atoms with van der Waals surface area (Å²) in [5.74, 6) is 0.962. The highest BCUT2D eigenvalue weighted by Gasteiger charge is 2.33. The van der Waals surface area contributed by atoms with Crippen molar-refractivity contribution in [3.63, 3.8) is 0 Å². The molecule has 1 atom stereocenters. The van der Waals surface area contributed by atoms with Crippen LogP contribution in [0.3, 0.4) is 0 Å². The molecule has 1 N–H and O–H groups in total. The van der Waals surface area contributed by atoms with Crippen molar-refractivity contribution in [3.8, 4) is 0 Å². The van der Waals surface area contributed by atoms with Gasteiger partial charge in [-0.05, 0) is 65.7 Å². The average molecular weight is 324 g/mol. The Labute approximate surface area is 143 Å². The highest BCUT2D eigenvalue weighted by molar-refractivity contribution is 5.75. The predicted molar refractivity (Wildman–Crippen MR) is 96.6 cm³/mol. The molecule has 2 rings (SSSR count).